The number of alkyl halides is 1. The first-order chi connectivity index (χ1) is 29.5. The van der Waals surface area contributed by atoms with Crippen LogP contribution in [-0.2, 0) is 22.5 Å². The Morgan fingerprint density at radius 2 is 0.548 bits per heavy atom. The van der Waals surface area contributed by atoms with Crippen LogP contribution < -0.4 is 0 Å². The van der Waals surface area contributed by atoms with E-state index in [1.54, 1.807) is 0 Å². The van der Waals surface area contributed by atoms with Gasteiger partial charge >= 0.3 is 15.6 Å². The maximum Gasteiger partial charge on any atom is 0.490 e. The van der Waals surface area contributed by atoms with Gasteiger partial charge in [-0.1, -0.05) is 172 Å². The van der Waals surface area contributed by atoms with Crippen molar-refractivity contribution in [3.8, 4) is 0 Å². The molecule has 13 heteroatoms. The smallest absolute Gasteiger partial charge is 0.324 e. The van der Waals surface area contributed by atoms with Crippen molar-refractivity contribution < 1.29 is 45.7 Å². The average Bonchev–Trinajstić information content (AvgIpc) is 3.24. The molecule has 0 saturated carbocycles. The highest BCUT2D eigenvalue weighted by molar-refractivity contribution is 7.61. The van der Waals surface area contributed by atoms with E-state index in [2.05, 4.69) is 96.4 Å². The number of hydrogen-bond acceptors (Lipinski definition) is 5. The first kappa shape index (κ1) is 66.7. The molecule has 10 nitrogen and oxygen atoms in total. The van der Waals surface area contributed by atoms with Gasteiger partial charge in [0.1, 0.15) is 0 Å². The summed E-state index contributed by atoms with van der Waals surface area (Å²) in [7, 11) is -8.92. The van der Waals surface area contributed by atoms with Crippen LogP contribution >= 0.6 is 27.2 Å². The van der Waals surface area contributed by atoms with Gasteiger partial charge in [0.05, 0.1) is 78.5 Å². The predicted molar refractivity (Wildman–Crippen MR) is 271 cm³/mol. The van der Waals surface area contributed by atoms with Crippen molar-refractivity contribution in [1.29, 1.82) is 0 Å². The van der Waals surface area contributed by atoms with Crippen molar-refractivity contribution in [2.75, 3.05) is 78.5 Å². The molecule has 0 aromatic carbocycles. The van der Waals surface area contributed by atoms with Crippen LogP contribution in [0.1, 0.15) is 237 Å². The Kier molecular flexibility index (Phi) is 46.0. The Morgan fingerprint density at radius 3 is 0.645 bits per heavy atom. The molecule has 0 aliphatic carbocycles. The Balaban J connectivity index is -0.000000757. The standard InChI is InChI=1S/3C16H36N.CH3ClO7P2/c3*1-5-9-13-17(14-10-6-2,15-11-7-3)16-12-8-4;2-1-7-11(6,8-1)9-10(3,4)5/h3*5-16H2,1-4H3;1H,(H2,3,4,5)/q3*+1;. The van der Waals surface area contributed by atoms with Crippen LogP contribution in [0.4, 0.5) is 0 Å². The molecule has 0 unspecified atom stereocenters. The summed E-state index contributed by atoms with van der Waals surface area (Å²) in [6.07, 6.45) is 33.2. The van der Waals surface area contributed by atoms with Gasteiger partial charge in [-0.05, 0) is 77.0 Å². The van der Waals surface area contributed by atoms with Gasteiger partial charge in [0.15, 0.2) is 0 Å². The van der Waals surface area contributed by atoms with Crippen LogP contribution in [0.2, 0.25) is 0 Å². The molecule has 1 aliphatic rings. The van der Waals surface area contributed by atoms with E-state index in [4.69, 9.17) is 21.4 Å². The number of phosphoric ester groups is 1. The molecule has 1 heterocycles. The molecule has 0 atom stereocenters. The fourth-order valence-corrected chi connectivity index (χ4v) is 10.7. The van der Waals surface area contributed by atoms with Crippen LogP contribution in [0.25, 0.3) is 0 Å². The molecule has 1 saturated heterocycles. The quantitative estimate of drug-likeness (QED) is 0.0361. The van der Waals surface area contributed by atoms with Gasteiger partial charge < -0.3 is 23.2 Å². The topological polar surface area (TPSA) is 102 Å². The predicted octanol–water partition coefficient (Wildman–Crippen LogP) is 15.8. The molecule has 0 aromatic heterocycles. The Morgan fingerprint density at radius 1 is 0.403 bits per heavy atom. The molecular formula is C49H111ClN3O7P2+3. The van der Waals surface area contributed by atoms with Crippen LogP contribution in [0, 0.1) is 0 Å². The fraction of sp³-hybridized carbons (Fsp3) is 1.00. The van der Waals surface area contributed by atoms with E-state index in [1.807, 2.05) is 0 Å². The van der Waals surface area contributed by atoms with Gasteiger partial charge in [0, 0.05) is 0 Å². The second-order valence-corrected chi connectivity index (χ2v) is 21.8. The highest BCUT2D eigenvalue weighted by atomic mass is 35.5. The lowest BCUT2D eigenvalue weighted by atomic mass is 10.1. The number of quaternary nitrogens is 3. The lowest BCUT2D eigenvalue weighted by Gasteiger charge is -2.39. The maximum absolute atomic E-state index is 10.7. The van der Waals surface area contributed by atoms with E-state index in [-0.39, 0.29) is 0 Å². The second kappa shape index (κ2) is 42.8. The van der Waals surface area contributed by atoms with E-state index in [1.165, 1.54) is 246 Å². The minimum atomic E-state index is -4.85. The molecular weight excluding hydrogens is 840 g/mol. The monoisotopic (exact) mass is 951 g/mol. The summed E-state index contributed by atoms with van der Waals surface area (Å²) in [5, 5.41) is 0. The summed E-state index contributed by atoms with van der Waals surface area (Å²) in [6.45, 7) is 45.1. The number of halogens is 1. The van der Waals surface area contributed by atoms with Crippen LogP contribution in [0.5, 0.6) is 0 Å². The Labute approximate surface area is 393 Å². The van der Waals surface area contributed by atoms with Crippen molar-refractivity contribution in [2.45, 2.75) is 243 Å². The number of rotatable bonds is 38. The van der Waals surface area contributed by atoms with Crippen LogP contribution in [0.15, 0.2) is 0 Å². The first-order valence-corrected chi connectivity index (χ1v) is 29.9. The van der Waals surface area contributed by atoms with Crippen molar-refractivity contribution in [3.63, 3.8) is 0 Å². The Hall–Kier alpha value is 0.430. The van der Waals surface area contributed by atoms with E-state index < -0.39 is 21.4 Å². The van der Waals surface area contributed by atoms with Gasteiger partial charge in [-0.3, -0.25) is 0 Å². The molecule has 0 bridgehead atoms. The Bertz CT molecular complexity index is 847. The third kappa shape index (κ3) is 36.5. The largest absolute Gasteiger partial charge is 0.490 e. The number of nitrogens with zero attached hydrogens (tertiary/aromatic N) is 3. The molecule has 62 heavy (non-hydrogen) atoms. The maximum atomic E-state index is 10.7. The molecule has 1 rings (SSSR count). The fourth-order valence-electron chi connectivity index (χ4n) is 8.31. The molecule has 0 aromatic rings. The van der Waals surface area contributed by atoms with E-state index in [0.29, 0.717) is 0 Å². The molecule has 1 fully saturated rings. The molecule has 378 valence electrons. The van der Waals surface area contributed by atoms with Crippen LogP contribution in [0.3, 0.4) is 0 Å². The summed E-state index contributed by atoms with van der Waals surface area (Å²) >= 11 is 5.01. The normalized spacial score (nSPS) is 16.7. The van der Waals surface area contributed by atoms with E-state index in [0.717, 1.165) is 0 Å². The second-order valence-electron chi connectivity index (χ2n) is 18.5. The van der Waals surface area contributed by atoms with Gasteiger partial charge in [0.2, 0.25) is 0 Å². The minimum absolute atomic E-state index is 1.27. The minimum Gasteiger partial charge on any atom is -0.324 e. The first-order valence-electron chi connectivity index (χ1n) is 26.5. The summed E-state index contributed by atoms with van der Waals surface area (Å²) in [6, 6.07) is 0. The van der Waals surface area contributed by atoms with Gasteiger partial charge in [0.25, 0.3) is 5.75 Å². The lowest BCUT2D eigenvalue weighted by Crippen LogP contribution is -2.50. The van der Waals surface area contributed by atoms with Gasteiger partial charge in [-0.2, -0.15) is 4.31 Å². The summed E-state index contributed by atoms with van der Waals surface area (Å²) < 4.78 is 36.8. The summed E-state index contributed by atoms with van der Waals surface area (Å²) in [5.74, 6) is -1.27. The summed E-state index contributed by atoms with van der Waals surface area (Å²) in [5.41, 5.74) is 0. The molecule has 0 amide bonds. The molecule has 0 radical (unpaired) electrons. The van der Waals surface area contributed by atoms with Gasteiger partial charge in [-0.15, -0.1) is 0 Å². The summed E-state index contributed by atoms with van der Waals surface area (Å²) in [4.78, 5) is 16.2. The van der Waals surface area contributed by atoms with Crippen molar-refractivity contribution >= 4 is 27.2 Å². The van der Waals surface area contributed by atoms with Crippen molar-refractivity contribution in [3.05, 3.63) is 0 Å². The zero-order valence-electron chi connectivity index (χ0n) is 43.6. The third-order valence-corrected chi connectivity index (χ3v) is 15.4. The van der Waals surface area contributed by atoms with Gasteiger partial charge in [-0.25, -0.2) is 18.2 Å². The third-order valence-electron chi connectivity index (χ3n) is 12.5. The highest BCUT2D eigenvalue weighted by Gasteiger charge is 2.48. The molecule has 1 aliphatic heterocycles. The van der Waals surface area contributed by atoms with Crippen molar-refractivity contribution in [1.82, 2.24) is 0 Å². The lowest BCUT2D eigenvalue weighted by molar-refractivity contribution is -0.929. The van der Waals surface area contributed by atoms with E-state index >= 15 is 0 Å². The van der Waals surface area contributed by atoms with Crippen LogP contribution in [-0.4, -0.2) is 108 Å². The number of unbranched alkanes of at least 4 members (excludes halogenated alkanes) is 12. The van der Waals surface area contributed by atoms with E-state index in [9.17, 15) is 9.13 Å². The zero-order chi connectivity index (χ0) is 47.7. The molecule has 0 spiro atoms. The highest BCUT2D eigenvalue weighted by Crippen LogP contribution is 2.68. The average molecular weight is 952 g/mol. The van der Waals surface area contributed by atoms with Crippen molar-refractivity contribution in [2.24, 2.45) is 0 Å². The number of hydrogen-bond donors (Lipinski definition) is 2. The zero-order valence-corrected chi connectivity index (χ0v) is 46.1. The number of phosphoric acid groups is 2. The molecule has 2 N–H and O–H groups in total. The SMILES string of the molecule is CCCC[N+](CCCC)(CCCC)CCCC.CCCC[N+](CCCC)(CCCC)CCCC.CCCC[N+](CCCC)(CCCC)CCCC.O=P(O)(O)OP1(=O)OC(Cl)O1.